The molecule has 1 saturated heterocycles. The van der Waals surface area contributed by atoms with E-state index in [4.69, 9.17) is 11.6 Å². The van der Waals surface area contributed by atoms with Gasteiger partial charge < -0.3 is 10.1 Å². The Hall–Kier alpha value is -3.83. The summed E-state index contributed by atoms with van der Waals surface area (Å²) in [5, 5.41) is 13.1. The number of para-hydroxylation sites is 1. The Balaban J connectivity index is 1.80. The first kappa shape index (κ1) is 24.8. The molecule has 2 heterocycles. The molecule has 5 rings (SSSR count). The van der Waals surface area contributed by atoms with Gasteiger partial charge >= 0.3 is 0 Å². The van der Waals surface area contributed by atoms with Crippen LogP contribution in [0.2, 0.25) is 5.02 Å². The zero-order chi connectivity index (χ0) is 26.6. The van der Waals surface area contributed by atoms with Gasteiger partial charge in [-0.25, -0.2) is 0 Å². The molecule has 1 unspecified atom stereocenters. The smallest absolute Gasteiger partial charge is 0.300 e. The third-order valence-electron chi connectivity index (χ3n) is 7.15. The highest BCUT2D eigenvalue weighted by Crippen LogP contribution is 2.45. The summed E-state index contributed by atoms with van der Waals surface area (Å²) >= 11 is 6.43. The van der Waals surface area contributed by atoms with Crippen LogP contribution in [0.3, 0.4) is 0 Å². The number of nitrogens with one attached hydrogen (secondary N) is 1. The predicted octanol–water partition coefficient (Wildman–Crippen LogP) is 7.36. The molecule has 1 amide bonds. The first-order chi connectivity index (χ1) is 17.5. The zero-order valence-corrected chi connectivity index (χ0v) is 22.3. The van der Waals surface area contributed by atoms with Crippen molar-refractivity contribution in [3.8, 4) is 0 Å². The van der Waals surface area contributed by atoms with E-state index in [-0.39, 0.29) is 16.7 Å². The monoisotopic (exact) mass is 512 g/mol. The number of aliphatic hydroxyl groups excluding tert-OH is 1. The first-order valence-corrected chi connectivity index (χ1v) is 12.6. The number of hydrogen-bond donors (Lipinski definition) is 2. The molecule has 1 fully saturated rings. The van der Waals surface area contributed by atoms with E-state index in [2.05, 4.69) is 25.8 Å². The van der Waals surface area contributed by atoms with Gasteiger partial charge in [-0.1, -0.05) is 68.8 Å². The summed E-state index contributed by atoms with van der Waals surface area (Å²) in [7, 11) is 0. The summed E-state index contributed by atoms with van der Waals surface area (Å²) in [6, 6.07) is 18.0. The number of benzene rings is 3. The zero-order valence-electron chi connectivity index (χ0n) is 21.5. The fraction of sp³-hybridized carbons (Fsp3) is 0.226. The third kappa shape index (κ3) is 4.13. The lowest BCUT2D eigenvalue weighted by Gasteiger charge is -2.26. The maximum atomic E-state index is 13.6. The van der Waals surface area contributed by atoms with Crippen LogP contribution in [-0.4, -0.2) is 21.8 Å². The summed E-state index contributed by atoms with van der Waals surface area (Å²) in [6.45, 7) is 10.0. The largest absolute Gasteiger partial charge is 0.507 e. The Kier molecular flexibility index (Phi) is 5.99. The van der Waals surface area contributed by atoms with Gasteiger partial charge in [0.15, 0.2) is 0 Å². The van der Waals surface area contributed by atoms with Gasteiger partial charge in [0.25, 0.3) is 11.7 Å². The van der Waals surface area contributed by atoms with Gasteiger partial charge in [-0.15, -0.1) is 0 Å². The molecule has 1 atom stereocenters. The standard InChI is InChI=1S/C31H29ClN2O3/c1-17-10-12-19(31(3,4)5)14-22(17)28(35)26-27(23-16-33-25-9-7-6-8-21(23)25)34(30(37)29(26)36)20-13-11-18(2)24(32)15-20/h6-16,27,33,35H,1-5H3/b28-26+. The summed E-state index contributed by atoms with van der Waals surface area (Å²) in [5.74, 6) is -1.62. The topological polar surface area (TPSA) is 73.4 Å². The molecule has 188 valence electrons. The van der Waals surface area contributed by atoms with Crippen LogP contribution in [0.4, 0.5) is 5.69 Å². The highest BCUT2D eigenvalue weighted by Gasteiger charge is 2.48. The lowest BCUT2D eigenvalue weighted by Crippen LogP contribution is -2.29. The van der Waals surface area contributed by atoms with Crippen LogP contribution in [0.1, 0.15) is 54.6 Å². The molecule has 0 aliphatic carbocycles. The molecule has 1 aliphatic rings. The van der Waals surface area contributed by atoms with Gasteiger partial charge in [-0.2, -0.15) is 0 Å². The molecule has 1 aromatic heterocycles. The van der Waals surface area contributed by atoms with Crippen molar-refractivity contribution in [2.24, 2.45) is 0 Å². The van der Waals surface area contributed by atoms with Gasteiger partial charge in [0, 0.05) is 38.9 Å². The summed E-state index contributed by atoms with van der Waals surface area (Å²) < 4.78 is 0. The van der Waals surface area contributed by atoms with Crippen molar-refractivity contribution >= 4 is 45.6 Å². The quantitative estimate of drug-likeness (QED) is 0.171. The Morgan fingerprint density at radius 3 is 2.38 bits per heavy atom. The van der Waals surface area contributed by atoms with Crippen molar-refractivity contribution in [2.75, 3.05) is 4.90 Å². The Labute approximate surface area is 221 Å². The maximum absolute atomic E-state index is 13.6. The van der Waals surface area contributed by atoms with Crippen LogP contribution in [0, 0.1) is 13.8 Å². The number of H-pyrrole nitrogens is 1. The van der Waals surface area contributed by atoms with Crippen LogP contribution in [0.15, 0.2) is 72.4 Å². The number of aryl methyl sites for hydroxylation is 2. The summed E-state index contributed by atoms with van der Waals surface area (Å²) in [5.41, 5.74) is 5.21. The van der Waals surface area contributed by atoms with E-state index in [1.54, 1.807) is 18.3 Å². The Bertz CT molecular complexity index is 1610. The van der Waals surface area contributed by atoms with E-state index in [0.717, 1.165) is 33.2 Å². The van der Waals surface area contributed by atoms with Crippen molar-refractivity contribution in [3.63, 3.8) is 0 Å². The molecule has 0 spiro atoms. The highest BCUT2D eigenvalue weighted by atomic mass is 35.5. The van der Waals surface area contributed by atoms with Gasteiger partial charge in [0.05, 0.1) is 11.6 Å². The molecule has 0 saturated carbocycles. The molecule has 0 bridgehead atoms. The minimum Gasteiger partial charge on any atom is -0.507 e. The fourth-order valence-electron chi connectivity index (χ4n) is 4.93. The number of carbonyl (C=O) groups excluding carboxylic acids is 2. The molecule has 5 nitrogen and oxygen atoms in total. The predicted molar refractivity (Wildman–Crippen MR) is 149 cm³/mol. The molecule has 2 N–H and O–H groups in total. The number of rotatable bonds is 3. The van der Waals surface area contributed by atoms with Crippen LogP contribution < -0.4 is 4.90 Å². The minimum absolute atomic E-state index is 0.0561. The van der Waals surface area contributed by atoms with Gasteiger partial charge in [-0.05, 0) is 60.2 Å². The average molecular weight is 513 g/mol. The number of amides is 1. The summed E-state index contributed by atoms with van der Waals surface area (Å²) in [6.07, 6.45) is 1.80. The van der Waals surface area contributed by atoms with Crippen molar-refractivity contribution in [1.82, 2.24) is 4.98 Å². The number of fused-ring (bicyclic) bond motifs is 1. The molecule has 1 aliphatic heterocycles. The van der Waals surface area contributed by atoms with Crippen molar-refractivity contribution in [1.29, 1.82) is 0 Å². The van der Waals surface area contributed by atoms with E-state index < -0.39 is 17.7 Å². The minimum atomic E-state index is -0.840. The third-order valence-corrected chi connectivity index (χ3v) is 7.56. The van der Waals surface area contributed by atoms with Crippen LogP contribution in [0.5, 0.6) is 0 Å². The van der Waals surface area contributed by atoms with Gasteiger partial charge in [-0.3, -0.25) is 14.5 Å². The lowest BCUT2D eigenvalue weighted by molar-refractivity contribution is -0.132. The summed E-state index contributed by atoms with van der Waals surface area (Å²) in [4.78, 5) is 31.9. The number of anilines is 1. The number of Topliss-reactive ketones (excluding diaryl/α,β-unsaturated/α-hetero) is 1. The Morgan fingerprint density at radius 1 is 0.973 bits per heavy atom. The number of aromatic nitrogens is 1. The second-order valence-corrected chi connectivity index (χ2v) is 11.1. The van der Waals surface area contributed by atoms with E-state index in [1.165, 1.54) is 4.90 Å². The van der Waals surface area contributed by atoms with E-state index in [0.29, 0.717) is 16.3 Å². The van der Waals surface area contributed by atoms with Crippen LogP contribution >= 0.6 is 11.6 Å². The number of nitrogens with zero attached hydrogens (tertiary/aromatic N) is 1. The Morgan fingerprint density at radius 2 is 1.68 bits per heavy atom. The fourth-order valence-corrected chi connectivity index (χ4v) is 5.11. The van der Waals surface area contributed by atoms with Crippen molar-refractivity contribution in [2.45, 2.75) is 46.1 Å². The molecule has 0 radical (unpaired) electrons. The van der Waals surface area contributed by atoms with Gasteiger partial charge in [0.1, 0.15) is 5.76 Å². The number of aliphatic hydroxyl groups is 1. The number of carbonyl (C=O) groups is 2. The average Bonchev–Trinajstić information content (AvgIpc) is 3.38. The molecule has 4 aromatic rings. The van der Waals surface area contributed by atoms with E-state index in [9.17, 15) is 14.7 Å². The van der Waals surface area contributed by atoms with Crippen LogP contribution in [0.25, 0.3) is 16.7 Å². The van der Waals surface area contributed by atoms with E-state index in [1.807, 2.05) is 62.4 Å². The normalized spacial score (nSPS) is 17.7. The number of hydrogen-bond acceptors (Lipinski definition) is 3. The number of halogens is 1. The lowest BCUT2D eigenvalue weighted by atomic mass is 9.84. The molecule has 37 heavy (non-hydrogen) atoms. The highest BCUT2D eigenvalue weighted by molar-refractivity contribution is 6.52. The van der Waals surface area contributed by atoms with Crippen LogP contribution in [-0.2, 0) is 15.0 Å². The van der Waals surface area contributed by atoms with E-state index >= 15 is 0 Å². The SMILES string of the molecule is Cc1ccc(N2C(=O)C(=O)/C(=C(/O)c3cc(C(C)(C)C)ccc3C)C2c2c[nH]c3ccccc23)cc1Cl. The molecular formula is C31H29ClN2O3. The second kappa shape index (κ2) is 8.93. The van der Waals surface area contributed by atoms with Crippen molar-refractivity contribution in [3.05, 3.63) is 105 Å². The molecular weight excluding hydrogens is 484 g/mol. The van der Waals surface area contributed by atoms with Gasteiger partial charge in [0.2, 0.25) is 0 Å². The maximum Gasteiger partial charge on any atom is 0.300 e. The number of ketones is 1. The number of aromatic amines is 1. The molecule has 6 heteroatoms. The molecule has 3 aromatic carbocycles. The first-order valence-electron chi connectivity index (χ1n) is 12.2. The second-order valence-electron chi connectivity index (χ2n) is 10.7. The van der Waals surface area contributed by atoms with Crippen molar-refractivity contribution < 1.29 is 14.7 Å².